The molecule has 0 radical (unpaired) electrons. The molecule has 1 saturated carbocycles. The Morgan fingerprint density at radius 1 is 1.25 bits per heavy atom. The van der Waals surface area contributed by atoms with E-state index in [4.69, 9.17) is 0 Å². The molecule has 0 aromatic heterocycles. The number of likely N-dealkylation sites (N-methyl/N-ethyl adjacent to an activating group) is 1. The van der Waals surface area contributed by atoms with Crippen LogP contribution in [0.15, 0.2) is 24.3 Å². The molecule has 0 heterocycles. The number of nitrogens with one attached hydrogen (secondary N) is 1. The second-order valence-corrected chi connectivity index (χ2v) is 5.67. The normalized spacial score (nSPS) is 21.4. The third kappa shape index (κ3) is 3.40. The highest BCUT2D eigenvalue weighted by atomic mass is 16.2. The summed E-state index contributed by atoms with van der Waals surface area (Å²) >= 11 is 0. The monoisotopic (exact) mass is 274 g/mol. The number of benzene rings is 1. The summed E-state index contributed by atoms with van der Waals surface area (Å²) in [5, 5.41) is 3.40. The molecule has 3 nitrogen and oxygen atoms in total. The van der Waals surface area contributed by atoms with Crippen LogP contribution in [0.2, 0.25) is 0 Å². The zero-order valence-corrected chi connectivity index (χ0v) is 12.9. The number of nitrogens with zero attached hydrogens (tertiary/aromatic N) is 1. The van der Waals surface area contributed by atoms with Gasteiger partial charge in [0.15, 0.2) is 0 Å². The molecule has 0 unspecified atom stereocenters. The number of carbonyl (C=O) groups excluding carboxylic acids is 1. The minimum absolute atomic E-state index is 0.217. The van der Waals surface area contributed by atoms with Gasteiger partial charge in [0.25, 0.3) is 0 Å². The first-order valence-corrected chi connectivity index (χ1v) is 7.72. The van der Waals surface area contributed by atoms with Crippen LogP contribution < -0.4 is 5.32 Å². The molecule has 1 aliphatic carbocycles. The van der Waals surface area contributed by atoms with E-state index < -0.39 is 0 Å². The summed E-state index contributed by atoms with van der Waals surface area (Å²) in [6.07, 6.45) is 2.30. The molecule has 3 heteroatoms. The van der Waals surface area contributed by atoms with Gasteiger partial charge in [-0.1, -0.05) is 24.3 Å². The van der Waals surface area contributed by atoms with Crippen molar-refractivity contribution in [3.8, 4) is 0 Å². The molecule has 1 aliphatic rings. The first kappa shape index (κ1) is 15.0. The molecule has 0 atom stereocenters. The van der Waals surface area contributed by atoms with Crippen LogP contribution in [0.4, 0.5) is 0 Å². The molecular formula is C17H26N2O. The third-order valence-corrected chi connectivity index (χ3v) is 4.42. The van der Waals surface area contributed by atoms with E-state index in [1.807, 2.05) is 18.7 Å². The van der Waals surface area contributed by atoms with Crippen LogP contribution in [0.1, 0.15) is 43.7 Å². The molecule has 1 fully saturated rings. The highest BCUT2D eigenvalue weighted by Crippen LogP contribution is 2.38. The Hall–Kier alpha value is -1.35. The van der Waals surface area contributed by atoms with Gasteiger partial charge in [0.2, 0.25) is 5.91 Å². The maximum Gasteiger partial charge on any atom is 0.236 e. The van der Waals surface area contributed by atoms with E-state index in [0.29, 0.717) is 18.5 Å². The fourth-order valence-electron chi connectivity index (χ4n) is 3.00. The third-order valence-electron chi connectivity index (χ3n) is 4.42. The zero-order chi connectivity index (χ0) is 14.5. The number of aryl methyl sites for hydroxylation is 1. The Bertz CT molecular complexity index is 448. The van der Waals surface area contributed by atoms with E-state index in [9.17, 15) is 4.79 Å². The second kappa shape index (κ2) is 6.89. The van der Waals surface area contributed by atoms with Crippen LogP contribution >= 0.6 is 0 Å². The van der Waals surface area contributed by atoms with Crippen molar-refractivity contribution in [1.29, 1.82) is 0 Å². The van der Waals surface area contributed by atoms with E-state index in [-0.39, 0.29) is 5.91 Å². The highest BCUT2D eigenvalue weighted by molar-refractivity contribution is 5.78. The Balaban J connectivity index is 1.75. The lowest BCUT2D eigenvalue weighted by Gasteiger charge is -2.37. The highest BCUT2D eigenvalue weighted by Gasteiger charge is 2.31. The molecule has 1 amide bonds. The van der Waals surface area contributed by atoms with Crippen LogP contribution in [0.25, 0.3) is 0 Å². The fourth-order valence-corrected chi connectivity index (χ4v) is 3.00. The van der Waals surface area contributed by atoms with Gasteiger partial charge in [-0.25, -0.2) is 0 Å². The quantitative estimate of drug-likeness (QED) is 0.865. The number of hydrogen-bond donors (Lipinski definition) is 1. The first-order chi connectivity index (χ1) is 9.65. The van der Waals surface area contributed by atoms with Crippen LogP contribution in [0.3, 0.4) is 0 Å². The van der Waals surface area contributed by atoms with Crippen LogP contribution in [0.5, 0.6) is 0 Å². The Morgan fingerprint density at radius 2 is 1.90 bits per heavy atom. The molecule has 0 bridgehead atoms. The van der Waals surface area contributed by atoms with E-state index in [1.54, 1.807) is 0 Å². The fraction of sp³-hybridized carbons (Fsp3) is 0.588. The van der Waals surface area contributed by atoms with Gasteiger partial charge in [-0.15, -0.1) is 0 Å². The predicted octanol–water partition coefficient (Wildman–Crippen LogP) is 2.70. The summed E-state index contributed by atoms with van der Waals surface area (Å²) in [5.41, 5.74) is 2.86. The van der Waals surface area contributed by atoms with Gasteiger partial charge >= 0.3 is 0 Å². The van der Waals surface area contributed by atoms with E-state index in [2.05, 4.69) is 36.5 Å². The Kier molecular flexibility index (Phi) is 5.18. The molecule has 1 aromatic rings. The van der Waals surface area contributed by atoms with Crippen molar-refractivity contribution in [1.82, 2.24) is 10.2 Å². The number of carbonyl (C=O) groups is 1. The van der Waals surface area contributed by atoms with Crippen molar-refractivity contribution < 1.29 is 4.79 Å². The average Bonchev–Trinajstić information content (AvgIpc) is 2.40. The van der Waals surface area contributed by atoms with Crippen molar-refractivity contribution in [3.05, 3.63) is 35.4 Å². The first-order valence-electron chi connectivity index (χ1n) is 7.72. The minimum Gasteiger partial charge on any atom is -0.342 e. The van der Waals surface area contributed by atoms with Gasteiger partial charge in [0.05, 0.1) is 6.54 Å². The van der Waals surface area contributed by atoms with Crippen molar-refractivity contribution >= 4 is 5.91 Å². The molecule has 2 rings (SSSR count). The molecule has 1 aromatic carbocycles. The van der Waals surface area contributed by atoms with Crippen molar-refractivity contribution in [2.45, 2.75) is 45.6 Å². The van der Waals surface area contributed by atoms with E-state index in [0.717, 1.165) is 25.9 Å². The minimum atomic E-state index is 0.217. The van der Waals surface area contributed by atoms with Crippen LogP contribution in [0, 0.1) is 6.92 Å². The van der Waals surface area contributed by atoms with E-state index in [1.165, 1.54) is 11.1 Å². The molecule has 0 aliphatic heterocycles. The van der Waals surface area contributed by atoms with Gasteiger partial charge in [0.1, 0.15) is 0 Å². The Morgan fingerprint density at radius 3 is 2.50 bits per heavy atom. The smallest absolute Gasteiger partial charge is 0.236 e. The topological polar surface area (TPSA) is 32.3 Å². The molecule has 1 N–H and O–H groups in total. The molecule has 20 heavy (non-hydrogen) atoms. The lowest BCUT2D eigenvalue weighted by Crippen LogP contribution is -2.46. The summed E-state index contributed by atoms with van der Waals surface area (Å²) in [4.78, 5) is 13.8. The molecule has 0 saturated heterocycles. The maximum atomic E-state index is 11.9. The summed E-state index contributed by atoms with van der Waals surface area (Å²) in [6.45, 7) is 8.31. The van der Waals surface area contributed by atoms with Gasteiger partial charge in [-0.05, 0) is 50.7 Å². The van der Waals surface area contributed by atoms with Gasteiger partial charge < -0.3 is 10.2 Å². The standard InChI is InChI=1S/C17H26N2O/c1-4-19(5-2)17(20)12-18-15-10-14(11-15)16-9-7-6-8-13(16)3/h6-9,14-15,18H,4-5,10-12H2,1-3H3. The lowest BCUT2D eigenvalue weighted by molar-refractivity contribution is -0.130. The predicted molar refractivity (Wildman–Crippen MR) is 82.9 cm³/mol. The van der Waals surface area contributed by atoms with Gasteiger partial charge in [0, 0.05) is 19.1 Å². The van der Waals surface area contributed by atoms with Gasteiger partial charge in [-0.2, -0.15) is 0 Å². The van der Waals surface area contributed by atoms with Crippen molar-refractivity contribution in [2.24, 2.45) is 0 Å². The Labute approximate surface area is 122 Å². The summed E-state index contributed by atoms with van der Waals surface area (Å²) in [5.74, 6) is 0.881. The molecule has 110 valence electrons. The molecule has 0 spiro atoms. The van der Waals surface area contributed by atoms with Crippen LogP contribution in [-0.2, 0) is 4.79 Å². The number of rotatable bonds is 6. The van der Waals surface area contributed by atoms with Crippen molar-refractivity contribution in [3.63, 3.8) is 0 Å². The zero-order valence-electron chi connectivity index (χ0n) is 12.9. The van der Waals surface area contributed by atoms with E-state index >= 15 is 0 Å². The maximum absolute atomic E-state index is 11.9. The average molecular weight is 274 g/mol. The molecular weight excluding hydrogens is 248 g/mol. The number of amides is 1. The number of hydrogen-bond acceptors (Lipinski definition) is 2. The van der Waals surface area contributed by atoms with Crippen molar-refractivity contribution in [2.75, 3.05) is 19.6 Å². The second-order valence-electron chi connectivity index (χ2n) is 5.67. The summed E-state index contributed by atoms with van der Waals surface area (Å²) in [6, 6.07) is 9.12. The van der Waals surface area contributed by atoms with Crippen LogP contribution in [-0.4, -0.2) is 36.5 Å². The SMILES string of the molecule is CCN(CC)C(=O)CNC1CC(c2ccccc2C)C1. The van der Waals surface area contributed by atoms with Gasteiger partial charge in [-0.3, -0.25) is 4.79 Å². The summed E-state index contributed by atoms with van der Waals surface area (Å²) in [7, 11) is 0. The largest absolute Gasteiger partial charge is 0.342 e. The summed E-state index contributed by atoms with van der Waals surface area (Å²) < 4.78 is 0. The lowest BCUT2D eigenvalue weighted by atomic mass is 9.74.